The molecule has 0 spiro atoms. The summed E-state index contributed by atoms with van der Waals surface area (Å²) in [4.78, 5) is 12.4. The van der Waals surface area contributed by atoms with Gasteiger partial charge >= 0.3 is 0 Å². The second-order valence-corrected chi connectivity index (χ2v) is 6.61. The molecule has 1 aliphatic rings. The number of hydrogen-bond donors (Lipinski definition) is 1. The maximum atomic E-state index is 12.9. The molecule has 0 bridgehead atoms. The Kier molecular flexibility index (Phi) is 5.77. The van der Waals surface area contributed by atoms with Crippen molar-refractivity contribution >= 4 is 5.91 Å². The number of benzene rings is 1. The lowest BCUT2D eigenvalue weighted by Gasteiger charge is -2.32. The zero-order valence-corrected chi connectivity index (χ0v) is 13.1. The molecule has 21 heavy (non-hydrogen) atoms. The van der Waals surface area contributed by atoms with E-state index in [2.05, 4.69) is 19.2 Å². The highest BCUT2D eigenvalue weighted by Crippen LogP contribution is 2.29. The van der Waals surface area contributed by atoms with Crippen LogP contribution in [-0.4, -0.2) is 11.9 Å². The predicted octanol–water partition coefficient (Wildman–Crippen LogP) is 4.55. The Labute approximate surface area is 127 Å². The van der Waals surface area contributed by atoms with E-state index in [1.54, 1.807) is 12.1 Å². The van der Waals surface area contributed by atoms with Crippen molar-refractivity contribution in [1.82, 2.24) is 5.32 Å². The van der Waals surface area contributed by atoms with Gasteiger partial charge < -0.3 is 5.32 Å². The Balaban J connectivity index is 2.02. The van der Waals surface area contributed by atoms with Crippen LogP contribution in [0.2, 0.25) is 0 Å². The molecule has 116 valence electrons. The average Bonchev–Trinajstić information content (AvgIpc) is 2.47. The monoisotopic (exact) mass is 291 g/mol. The van der Waals surface area contributed by atoms with Crippen molar-refractivity contribution < 1.29 is 9.18 Å². The van der Waals surface area contributed by atoms with E-state index in [1.165, 1.54) is 44.2 Å². The van der Waals surface area contributed by atoms with Gasteiger partial charge in [-0.1, -0.05) is 33.1 Å². The van der Waals surface area contributed by atoms with Crippen molar-refractivity contribution in [3.05, 3.63) is 35.6 Å². The lowest BCUT2D eigenvalue weighted by molar-refractivity contribution is 0.0904. The molecular weight excluding hydrogens is 265 g/mol. The van der Waals surface area contributed by atoms with Crippen molar-refractivity contribution in [1.29, 1.82) is 0 Å². The zero-order chi connectivity index (χ0) is 15.2. The standard InChI is InChI=1S/C18H26FNO/c1-13(2)12-17(14-6-4-3-5-7-14)20-18(21)15-8-10-16(19)11-9-15/h8-11,13-14,17H,3-7,12H2,1-2H3,(H,20,21)/t17-/m0/s1. The molecule has 0 unspecified atom stereocenters. The van der Waals surface area contributed by atoms with Gasteiger partial charge in [-0.2, -0.15) is 0 Å². The van der Waals surface area contributed by atoms with Crippen LogP contribution in [0.4, 0.5) is 4.39 Å². The van der Waals surface area contributed by atoms with E-state index >= 15 is 0 Å². The van der Waals surface area contributed by atoms with Gasteiger partial charge in [0.25, 0.3) is 5.91 Å². The molecule has 1 amide bonds. The van der Waals surface area contributed by atoms with Crippen molar-refractivity contribution in [3.8, 4) is 0 Å². The molecule has 1 fully saturated rings. The molecule has 1 aromatic rings. The van der Waals surface area contributed by atoms with Crippen LogP contribution >= 0.6 is 0 Å². The summed E-state index contributed by atoms with van der Waals surface area (Å²) in [6.45, 7) is 4.39. The average molecular weight is 291 g/mol. The van der Waals surface area contributed by atoms with Gasteiger partial charge in [0.05, 0.1) is 0 Å². The molecule has 1 atom stereocenters. The highest BCUT2D eigenvalue weighted by atomic mass is 19.1. The summed E-state index contributed by atoms with van der Waals surface area (Å²) in [5, 5.41) is 3.19. The lowest BCUT2D eigenvalue weighted by Crippen LogP contribution is -2.42. The minimum atomic E-state index is -0.308. The van der Waals surface area contributed by atoms with Crippen molar-refractivity contribution in [3.63, 3.8) is 0 Å². The topological polar surface area (TPSA) is 29.1 Å². The third-order valence-electron chi connectivity index (χ3n) is 4.37. The quantitative estimate of drug-likeness (QED) is 0.847. The lowest BCUT2D eigenvalue weighted by atomic mass is 9.81. The first-order chi connectivity index (χ1) is 10.1. The molecule has 0 heterocycles. The summed E-state index contributed by atoms with van der Waals surface area (Å²) >= 11 is 0. The molecule has 3 heteroatoms. The van der Waals surface area contributed by atoms with Crippen LogP contribution in [0, 0.1) is 17.7 Å². The Bertz CT molecular complexity index is 449. The van der Waals surface area contributed by atoms with Crippen LogP contribution in [0.15, 0.2) is 24.3 Å². The molecule has 0 radical (unpaired) electrons. The van der Waals surface area contributed by atoms with Crippen LogP contribution in [0.3, 0.4) is 0 Å². The van der Waals surface area contributed by atoms with Crippen LogP contribution in [0.5, 0.6) is 0 Å². The molecule has 2 rings (SSSR count). The van der Waals surface area contributed by atoms with Gasteiger partial charge in [-0.25, -0.2) is 4.39 Å². The largest absolute Gasteiger partial charge is 0.349 e. The highest BCUT2D eigenvalue weighted by Gasteiger charge is 2.26. The normalized spacial score (nSPS) is 17.7. The summed E-state index contributed by atoms with van der Waals surface area (Å²) in [5.41, 5.74) is 0.543. The first kappa shape index (κ1) is 16.0. The molecule has 1 saturated carbocycles. The van der Waals surface area contributed by atoms with Gasteiger partial charge in [-0.3, -0.25) is 4.79 Å². The van der Waals surface area contributed by atoms with Gasteiger partial charge in [-0.15, -0.1) is 0 Å². The molecule has 0 saturated heterocycles. The maximum absolute atomic E-state index is 12.9. The first-order valence-corrected chi connectivity index (χ1v) is 8.12. The third kappa shape index (κ3) is 4.83. The van der Waals surface area contributed by atoms with Crippen LogP contribution in [0.25, 0.3) is 0 Å². The van der Waals surface area contributed by atoms with Gasteiger partial charge in [0.1, 0.15) is 5.82 Å². The SMILES string of the molecule is CC(C)C[C@H](NC(=O)c1ccc(F)cc1)C1CCCCC1. The second kappa shape index (κ2) is 7.58. The van der Waals surface area contributed by atoms with Crippen LogP contribution < -0.4 is 5.32 Å². The minimum Gasteiger partial charge on any atom is -0.349 e. The number of amides is 1. The van der Waals surface area contributed by atoms with E-state index in [1.807, 2.05) is 0 Å². The van der Waals surface area contributed by atoms with Crippen molar-refractivity contribution in [2.75, 3.05) is 0 Å². The highest BCUT2D eigenvalue weighted by molar-refractivity contribution is 5.94. The first-order valence-electron chi connectivity index (χ1n) is 8.12. The fraction of sp³-hybridized carbons (Fsp3) is 0.611. The molecule has 2 nitrogen and oxygen atoms in total. The van der Waals surface area contributed by atoms with Crippen LogP contribution in [0.1, 0.15) is 62.7 Å². The van der Waals surface area contributed by atoms with E-state index in [4.69, 9.17) is 0 Å². The summed E-state index contributed by atoms with van der Waals surface area (Å²) < 4.78 is 12.9. The molecular formula is C18H26FNO. The van der Waals surface area contributed by atoms with Gasteiger partial charge in [0, 0.05) is 11.6 Å². The van der Waals surface area contributed by atoms with Crippen LogP contribution in [-0.2, 0) is 0 Å². The number of carbonyl (C=O) groups is 1. The second-order valence-electron chi connectivity index (χ2n) is 6.61. The number of rotatable bonds is 5. The number of halogens is 1. The Morgan fingerprint density at radius 2 is 1.81 bits per heavy atom. The van der Waals surface area contributed by atoms with E-state index in [0.29, 0.717) is 17.4 Å². The van der Waals surface area contributed by atoms with E-state index in [0.717, 1.165) is 6.42 Å². The smallest absolute Gasteiger partial charge is 0.251 e. The summed E-state index contributed by atoms with van der Waals surface area (Å²) in [6.07, 6.45) is 7.29. The summed E-state index contributed by atoms with van der Waals surface area (Å²) in [5.74, 6) is 0.764. The minimum absolute atomic E-state index is 0.0776. The summed E-state index contributed by atoms with van der Waals surface area (Å²) in [6, 6.07) is 6.03. The zero-order valence-electron chi connectivity index (χ0n) is 13.1. The fourth-order valence-corrected chi connectivity index (χ4v) is 3.27. The number of hydrogen-bond acceptors (Lipinski definition) is 1. The maximum Gasteiger partial charge on any atom is 0.251 e. The van der Waals surface area contributed by atoms with Crippen molar-refractivity contribution in [2.24, 2.45) is 11.8 Å². The Hall–Kier alpha value is -1.38. The van der Waals surface area contributed by atoms with Gasteiger partial charge in [-0.05, 0) is 55.4 Å². The molecule has 1 aliphatic carbocycles. The van der Waals surface area contributed by atoms with Gasteiger partial charge in [0.15, 0.2) is 0 Å². The molecule has 1 N–H and O–H groups in total. The number of carbonyl (C=O) groups excluding carboxylic acids is 1. The molecule has 0 aliphatic heterocycles. The third-order valence-corrected chi connectivity index (χ3v) is 4.37. The number of nitrogens with one attached hydrogen (secondary N) is 1. The predicted molar refractivity (Wildman–Crippen MR) is 83.7 cm³/mol. The summed E-state index contributed by atoms with van der Waals surface area (Å²) in [7, 11) is 0. The van der Waals surface area contributed by atoms with E-state index in [-0.39, 0.29) is 17.8 Å². The van der Waals surface area contributed by atoms with E-state index in [9.17, 15) is 9.18 Å². The Morgan fingerprint density at radius 1 is 1.19 bits per heavy atom. The fourth-order valence-electron chi connectivity index (χ4n) is 3.27. The van der Waals surface area contributed by atoms with Gasteiger partial charge in [0.2, 0.25) is 0 Å². The Morgan fingerprint density at radius 3 is 2.38 bits per heavy atom. The molecule has 1 aromatic carbocycles. The molecule has 0 aromatic heterocycles. The van der Waals surface area contributed by atoms with Crippen molar-refractivity contribution in [2.45, 2.75) is 58.4 Å². The van der Waals surface area contributed by atoms with E-state index < -0.39 is 0 Å².